The zero-order valence-electron chi connectivity index (χ0n) is 6.91. The van der Waals surface area contributed by atoms with Gasteiger partial charge in [0.15, 0.2) is 0 Å². The van der Waals surface area contributed by atoms with E-state index in [-0.39, 0.29) is 0 Å². The second-order valence-electron chi connectivity index (χ2n) is 1.74. The molecule has 0 aromatic rings. The molecule has 0 saturated heterocycles. The summed E-state index contributed by atoms with van der Waals surface area (Å²) in [5, 5.41) is 6.83. The number of aliphatic carboxylic acids is 1. The lowest BCUT2D eigenvalue weighted by Crippen LogP contribution is -2.10. The van der Waals surface area contributed by atoms with Crippen molar-refractivity contribution < 1.29 is 19.4 Å². The first-order valence-electron chi connectivity index (χ1n) is 3.06. The van der Waals surface area contributed by atoms with Gasteiger partial charge in [-0.05, 0) is 6.92 Å². The van der Waals surface area contributed by atoms with Crippen LogP contribution in [0, 0.1) is 0 Å². The van der Waals surface area contributed by atoms with Crippen molar-refractivity contribution in [1.29, 1.82) is 0 Å². The summed E-state index contributed by atoms with van der Waals surface area (Å²) in [6.45, 7) is 5.80. The summed E-state index contributed by atoms with van der Waals surface area (Å²) in [6.07, 6.45) is 1.06. The molecule has 0 radical (unpaired) electrons. The molecule has 0 aliphatic heterocycles. The molecule has 4 nitrogen and oxygen atoms in total. The van der Waals surface area contributed by atoms with E-state index >= 15 is 0 Å². The Morgan fingerprint density at radius 1 is 1.67 bits per heavy atom. The largest absolute Gasteiger partial charge is 0.481 e. The molecule has 0 fully saturated rings. The first kappa shape index (κ1) is 13.6. The van der Waals surface area contributed by atoms with Crippen LogP contribution in [0.5, 0.6) is 0 Å². The van der Waals surface area contributed by atoms with Crippen LogP contribution in [0.1, 0.15) is 13.8 Å². The zero-order valence-corrected chi connectivity index (χ0v) is 7.67. The van der Waals surface area contributed by atoms with Crippen LogP contribution >= 0.6 is 11.6 Å². The molecule has 0 aromatic carbocycles. The van der Waals surface area contributed by atoms with Crippen LogP contribution in [-0.2, 0) is 14.3 Å². The number of rotatable bonds is 2. The number of carboxylic acid groups (broad SMARTS) is 1. The lowest BCUT2D eigenvalue weighted by molar-refractivity contribution is -0.137. The van der Waals surface area contributed by atoms with Gasteiger partial charge in [-0.1, -0.05) is 6.58 Å². The van der Waals surface area contributed by atoms with Crippen molar-refractivity contribution in [1.82, 2.24) is 0 Å². The predicted octanol–water partition coefficient (Wildman–Crippen LogP) is 1.39. The van der Waals surface area contributed by atoms with E-state index in [9.17, 15) is 4.79 Å². The molecule has 0 saturated carbocycles. The highest BCUT2D eigenvalue weighted by Gasteiger charge is 2.07. The van der Waals surface area contributed by atoms with Gasteiger partial charge in [0.1, 0.15) is 5.38 Å². The molecule has 1 unspecified atom stereocenters. The van der Waals surface area contributed by atoms with Gasteiger partial charge in [-0.3, -0.25) is 9.59 Å². The van der Waals surface area contributed by atoms with E-state index in [0.717, 1.165) is 13.2 Å². The summed E-state index contributed by atoms with van der Waals surface area (Å²) < 4.78 is 4.30. The number of ether oxygens (including phenoxy) is 1. The highest BCUT2D eigenvalue weighted by Crippen LogP contribution is 1.95. The quantitative estimate of drug-likeness (QED) is 0.410. The molecule has 1 atom stereocenters. The van der Waals surface area contributed by atoms with Gasteiger partial charge >= 0.3 is 5.97 Å². The topological polar surface area (TPSA) is 63.6 Å². The van der Waals surface area contributed by atoms with E-state index in [1.165, 1.54) is 6.92 Å². The van der Waals surface area contributed by atoms with Gasteiger partial charge in [-0.25, -0.2) is 0 Å². The maximum Gasteiger partial charge on any atom is 0.328 e. The number of alkyl halides is 1. The summed E-state index contributed by atoms with van der Waals surface area (Å²) in [6, 6.07) is 0. The second kappa shape index (κ2) is 8.07. The maximum atomic E-state index is 10.3. The zero-order chi connectivity index (χ0) is 10.1. The van der Waals surface area contributed by atoms with Gasteiger partial charge in [0.05, 0.1) is 6.26 Å². The fourth-order valence-electron chi connectivity index (χ4n) is 0.176. The Morgan fingerprint density at radius 2 is 2.00 bits per heavy atom. The molecule has 0 rings (SSSR count). The Balaban J connectivity index is 0. The summed E-state index contributed by atoms with van der Waals surface area (Å²) in [5.41, 5.74) is 0. The molecule has 0 aromatic heterocycles. The molecule has 12 heavy (non-hydrogen) atoms. The maximum absolute atomic E-state index is 10.3. The summed E-state index contributed by atoms with van der Waals surface area (Å²) in [7, 11) is 0. The van der Waals surface area contributed by atoms with Gasteiger partial charge in [-0.15, -0.1) is 11.6 Å². The lowest BCUT2D eigenvalue weighted by Gasteiger charge is -1.96. The van der Waals surface area contributed by atoms with E-state index in [0.29, 0.717) is 0 Å². The van der Waals surface area contributed by atoms with Crippen molar-refractivity contribution >= 4 is 23.5 Å². The number of halogens is 1. The molecule has 0 bridgehead atoms. The molecule has 0 aliphatic carbocycles. The van der Waals surface area contributed by atoms with E-state index in [4.69, 9.17) is 21.5 Å². The van der Waals surface area contributed by atoms with Crippen LogP contribution in [-0.4, -0.2) is 22.4 Å². The third-order valence-electron chi connectivity index (χ3n) is 0.524. The average Bonchev–Trinajstić information content (AvgIpc) is 1.86. The molecule has 1 N–H and O–H groups in total. The highest BCUT2D eigenvalue weighted by atomic mass is 35.5. The number of hydrogen-bond acceptors (Lipinski definition) is 3. The molecule has 0 aliphatic rings. The van der Waals surface area contributed by atoms with Crippen LogP contribution in [0.3, 0.4) is 0 Å². The van der Waals surface area contributed by atoms with Crippen LogP contribution < -0.4 is 0 Å². The van der Waals surface area contributed by atoms with E-state index < -0.39 is 17.3 Å². The van der Waals surface area contributed by atoms with E-state index in [1.807, 2.05) is 0 Å². The van der Waals surface area contributed by atoms with Gasteiger partial charge in [0.2, 0.25) is 0 Å². The predicted molar refractivity (Wildman–Crippen MR) is 44.9 cm³/mol. The van der Waals surface area contributed by atoms with E-state index in [2.05, 4.69) is 11.3 Å². The Labute approximate surface area is 75.8 Å². The standard InChI is InChI=1S/C5H7ClO2.C2H4O2/c1-3-8-5(7)4(2)6;1-2(3)4/h3-4H,1H2,2H3;1H3,(H,3,4). The van der Waals surface area contributed by atoms with E-state index in [1.54, 1.807) is 0 Å². The van der Waals surface area contributed by atoms with Crippen molar-refractivity contribution in [3.8, 4) is 0 Å². The SMILES string of the molecule is C=COC(=O)C(C)Cl.CC(=O)O. The average molecular weight is 195 g/mol. The number of carbonyl (C=O) groups excluding carboxylic acids is 1. The molecular formula is C7H11ClO4. The smallest absolute Gasteiger partial charge is 0.328 e. The third kappa shape index (κ3) is 16.0. The minimum Gasteiger partial charge on any atom is -0.481 e. The molecule has 5 heteroatoms. The van der Waals surface area contributed by atoms with Crippen molar-refractivity contribution in [2.75, 3.05) is 0 Å². The minimum atomic E-state index is -0.833. The first-order valence-corrected chi connectivity index (χ1v) is 3.50. The molecule has 0 amide bonds. The second-order valence-corrected chi connectivity index (χ2v) is 2.39. The van der Waals surface area contributed by atoms with Crippen molar-refractivity contribution in [2.24, 2.45) is 0 Å². The van der Waals surface area contributed by atoms with Gasteiger partial charge in [-0.2, -0.15) is 0 Å². The molecule has 0 spiro atoms. The Kier molecular flexibility index (Phi) is 9.11. The van der Waals surface area contributed by atoms with Crippen LogP contribution in [0.15, 0.2) is 12.8 Å². The summed E-state index contributed by atoms with van der Waals surface area (Å²) in [4.78, 5) is 19.3. The Morgan fingerprint density at radius 3 is 2.08 bits per heavy atom. The van der Waals surface area contributed by atoms with Gasteiger partial charge in [0.25, 0.3) is 5.97 Å². The first-order chi connectivity index (χ1) is 5.41. The highest BCUT2D eigenvalue weighted by molar-refractivity contribution is 6.29. The Hall–Kier alpha value is -1.03. The summed E-state index contributed by atoms with van der Waals surface area (Å²) >= 11 is 5.28. The van der Waals surface area contributed by atoms with Crippen LogP contribution in [0.2, 0.25) is 0 Å². The lowest BCUT2D eigenvalue weighted by atomic mass is 10.5. The Bertz CT molecular complexity index is 161. The van der Waals surface area contributed by atoms with Crippen molar-refractivity contribution in [2.45, 2.75) is 19.2 Å². The number of carboxylic acids is 1. The number of esters is 1. The van der Waals surface area contributed by atoms with Crippen LogP contribution in [0.25, 0.3) is 0 Å². The minimum absolute atomic E-state index is 0.471. The van der Waals surface area contributed by atoms with Crippen LogP contribution in [0.4, 0.5) is 0 Å². The normalized spacial score (nSPS) is 10.2. The molecular weight excluding hydrogens is 184 g/mol. The number of hydrogen-bond donors (Lipinski definition) is 1. The molecule has 70 valence electrons. The van der Waals surface area contributed by atoms with Crippen molar-refractivity contribution in [3.05, 3.63) is 12.8 Å². The monoisotopic (exact) mass is 194 g/mol. The van der Waals surface area contributed by atoms with Crippen molar-refractivity contribution in [3.63, 3.8) is 0 Å². The molecule has 0 heterocycles. The fourth-order valence-corrected chi connectivity index (χ4v) is 0.227. The number of carbonyl (C=O) groups is 2. The third-order valence-corrected chi connectivity index (χ3v) is 0.702. The van der Waals surface area contributed by atoms with Gasteiger partial charge < -0.3 is 9.84 Å². The summed E-state index contributed by atoms with van der Waals surface area (Å²) in [5.74, 6) is -1.30. The fraction of sp³-hybridized carbons (Fsp3) is 0.429. The van der Waals surface area contributed by atoms with Gasteiger partial charge in [0, 0.05) is 6.92 Å².